The van der Waals surface area contributed by atoms with Crippen LogP contribution >= 0.6 is 0 Å². The van der Waals surface area contributed by atoms with E-state index in [1.54, 1.807) is 0 Å². The van der Waals surface area contributed by atoms with E-state index in [1.807, 2.05) is 0 Å². The van der Waals surface area contributed by atoms with Crippen molar-refractivity contribution in [2.24, 2.45) is 0 Å². The summed E-state index contributed by atoms with van der Waals surface area (Å²) in [6, 6.07) is 8.77. The molecule has 2 nitrogen and oxygen atoms in total. The zero-order valence-corrected chi connectivity index (χ0v) is 12.9. The van der Waals surface area contributed by atoms with Gasteiger partial charge in [0.15, 0.2) is 0 Å². The third kappa shape index (κ3) is 7.34. The molecule has 2 heteroatoms. The van der Waals surface area contributed by atoms with E-state index >= 15 is 0 Å². The van der Waals surface area contributed by atoms with Crippen LogP contribution in [0.1, 0.15) is 50.7 Å². The summed E-state index contributed by atoms with van der Waals surface area (Å²) in [5.74, 6) is 0. The van der Waals surface area contributed by atoms with Crippen LogP contribution in [0.4, 0.5) is 0 Å². The Bertz CT molecular complexity index is 321. The highest BCUT2D eigenvalue weighted by atomic mass is 16.0. The largest absolute Gasteiger partial charge is 0.412 e. The van der Waals surface area contributed by atoms with Gasteiger partial charge in [-0.3, -0.25) is 0 Å². The fourth-order valence-corrected chi connectivity index (χ4v) is 2.43. The van der Waals surface area contributed by atoms with Gasteiger partial charge in [-0.25, -0.2) is 0 Å². The van der Waals surface area contributed by atoms with Gasteiger partial charge in [0.25, 0.3) is 0 Å². The standard InChI is InChI=1S/C17H29N.H2O/c1-4-18(5-2)15-11-7-6-8-13-17-14-10-9-12-16(17)3;/h9-10,12,14H,4-8,11,13,15H2,1-3H3;1H2. The molecule has 0 unspecified atom stereocenters. The lowest BCUT2D eigenvalue weighted by atomic mass is 10.0. The molecule has 1 rings (SSSR count). The van der Waals surface area contributed by atoms with E-state index in [0.717, 1.165) is 0 Å². The van der Waals surface area contributed by atoms with Gasteiger partial charge < -0.3 is 10.4 Å². The summed E-state index contributed by atoms with van der Waals surface area (Å²) in [6.07, 6.45) is 6.69. The lowest BCUT2D eigenvalue weighted by molar-refractivity contribution is 0.295. The number of nitrogens with zero attached hydrogens (tertiary/aromatic N) is 1. The molecule has 0 spiro atoms. The van der Waals surface area contributed by atoms with Crippen molar-refractivity contribution in [3.05, 3.63) is 35.4 Å². The zero-order chi connectivity index (χ0) is 13.2. The monoisotopic (exact) mass is 265 g/mol. The van der Waals surface area contributed by atoms with Gasteiger partial charge in [-0.15, -0.1) is 0 Å². The summed E-state index contributed by atoms with van der Waals surface area (Å²) in [6.45, 7) is 10.4. The van der Waals surface area contributed by atoms with Crippen LogP contribution in [0.15, 0.2) is 24.3 Å². The summed E-state index contributed by atoms with van der Waals surface area (Å²) >= 11 is 0. The van der Waals surface area contributed by atoms with Crippen LogP contribution in [-0.4, -0.2) is 30.0 Å². The maximum Gasteiger partial charge on any atom is -0.00190 e. The highest BCUT2D eigenvalue weighted by molar-refractivity contribution is 5.25. The van der Waals surface area contributed by atoms with Gasteiger partial charge in [-0.1, -0.05) is 51.0 Å². The molecule has 0 fully saturated rings. The van der Waals surface area contributed by atoms with E-state index in [9.17, 15) is 0 Å². The molecule has 0 radical (unpaired) electrons. The molecule has 0 aliphatic rings. The number of benzene rings is 1. The number of aryl methyl sites for hydroxylation is 2. The molecule has 2 N–H and O–H groups in total. The summed E-state index contributed by atoms with van der Waals surface area (Å²) in [5, 5.41) is 0. The summed E-state index contributed by atoms with van der Waals surface area (Å²) < 4.78 is 0. The number of hydrogen-bond acceptors (Lipinski definition) is 1. The van der Waals surface area contributed by atoms with E-state index < -0.39 is 0 Å². The van der Waals surface area contributed by atoms with Crippen molar-refractivity contribution < 1.29 is 5.48 Å². The molecule has 1 aromatic rings. The fraction of sp³-hybridized carbons (Fsp3) is 0.647. The fourth-order valence-electron chi connectivity index (χ4n) is 2.43. The SMILES string of the molecule is CCN(CC)CCCCCCc1ccccc1C.O. The lowest BCUT2D eigenvalue weighted by Gasteiger charge is -2.17. The third-order valence-electron chi connectivity index (χ3n) is 3.83. The first-order valence-corrected chi connectivity index (χ1v) is 7.54. The van der Waals surface area contributed by atoms with Gasteiger partial charge in [0.05, 0.1) is 0 Å². The predicted octanol–water partition coefficient (Wildman–Crippen LogP) is 3.62. The van der Waals surface area contributed by atoms with E-state index in [2.05, 4.69) is 49.9 Å². The maximum atomic E-state index is 2.52. The second-order valence-electron chi connectivity index (χ2n) is 5.12. The maximum absolute atomic E-state index is 2.52. The zero-order valence-electron chi connectivity index (χ0n) is 12.9. The van der Waals surface area contributed by atoms with E-state index in [0.29, 0.717) is 0 Å². The van der Waals surface area contributed by atoms with Crippen LogP contribution < -0.4 is 0 Å². The Balaban J connectivity index is 0.00000324. The Morgan fingerprint density at radius 3 is 2.16 bits per heavy atom. The van der Waals surface area contributed by atoms with Crippen molar-refractivity contribution in [3.63, 3.8) is 0 Å². The van der Waals surface area contributed by atoms with Crippen LogP contribution in [0.2, 0.25) is 0 Å². The smallest absolute Gasteiger partial charge is 0.00190 e. The van der Waals surface area contributed by atoms with Crippen molar-refractivity contribution in [2.75, 3.05) is 19.6 Å². The second-order valence-corrected chi connectivity index (χ2v) is 5.12. The molecule has 19 heavy (non-hydrogen) atoms. The molecule has 0 atom stereocenters. The highest BCUT2D eigenvalue weighted by Crippen LogP contribution is 2.12. The minimum atomic E-state index is 0. The highest BCUT2D eigenvalue weighted by Gasteiger charge is 1.99. The molecule has 0 amide bonds. The Labute approximate surface area is 119 Å². The summed E-state index contributed by atoms with van der Waals surface area (Å²) in [5.41, 5.74) is 2.97. The predicted molar refractivity (Wildman–Crippen MR) is 84.8 cm³/mol. The quantitative estimate of drug-likeness (QED) is 0.628. The lowest BCUT2D eigenvalue weighted by Crippen LogP contribution is -2.23. The molecule has 0 aromatic heterocycles. The Hall–Kier alpha value is -0.860. The van der Waals surface area contributed by atoms with Gasteiger partial charge in [-0.2, -0.15) is 0 Å². The van der Waals surface area contributed by atoms with Crippen LogP contribution in [-0.2, 0) is 6.42 Å². The van der Waals surface area contributed by atoms with Crippen LogP contribution in [0.5, 0.6) is 0 Å². The first kappa shape index (κ1) is 18.1. The van der Waals surface area contributed by atoms with Gasteiger partial charge in [0.1, 0.15) is 0 Å². The first-order valence-electron chi connectivity index (χ1n) is 7.54. The molecule has 1 aromatic carbocycles. The van der Waals surface area contributed by atoms with Gasteiger partial charge >= 0.3 is 0 Å². The topological polar surface area (TPSA) is 34.7 Å². The molecule has 0 aliphatic carbocycles. The van der Waals surface area contributed by atoms with Crippen LogP contribution in [0.25, 0.3) is 0 Å². The molecular formula is C17H31NO. The van der Waals surface area contributed by atoms with Gasteiger partial charge in [0, 0.05) is 0 Å². The molecule has 0 aliphatic heterocycles. The van der Waals surface area contributed by atoms with Crippen molar-refractivity contribution in [1.82, 2.24) is 4.90 Å². The average Bonchev–Trinajstić information content (AvgIpc) is 2.40. The Morgan fingerprint density at radius 2 is 1.53 bits per heavy atom. The minimum absolute atomic E-state index is 0. The van der Waals surface area contributed by atoms with Gasteiger partial charge in [-0.05, 0) is 56.9 Å². The van der Waals surface area contributed by atoms with Gasteiger partial charge in [0.2, 0.25) is 0 Å². The van der Waals surface area contributed by atoms with Crippen molar-refractivity contribution in [1.29, 1.82) is 0 Å². The number of unbranched alkanes of at least 4 members (excludes halogenated alkanes) is 3. The molecule has 110 valence electrons. The second kappa shape index (κ2) is 11.0. The number of rotatable bonds is 9. The molecule has 0 heterocycles. The Morgan fingerprint density at radius 1 is 0.895 bits per heavy atom. The van der Waals surface area contributed by atoms with E-state index in [-0.39, 0.29) is 5.48 Å². The van der Waals surface area contributed by atoms with E-state index in [1.165, 1.54) is 62.9 Å². The van der Waals surface area contributed by atoms with Crippen molar-refractivity contribution in [2.45, 2.75) is 52.9 Å². The Kier molecular flexibility index (Phi) is 10.5. The van der Waals surface area contributed by atoms with Crippen LogP contribution in [0, 0.1) is 6.92 Å². The van der Waals surface area contributed by atoms with Crippen molar-refractivity contribution >= 4 is 0 Å². The van der Waals surface area contributed by atoms with Crippen LogP contribution in [0.3, 0.4) is 0 Å². The van der Waals surface area contributed by atoms with Crippen molar-refractivity contribution in [3.8, 4) is 0 Å². The summed E-state index contributed by atoms with van der Waals surface area (Å²) in [4.78, 5) is 2.52. The normalized spacial score (nSPS) is 10.5. The first-order chi connectivity index (χ1) is 8.77. The average molecular weight is 265 g/mol. The molecule has 0 bridgehead atoms. The molecule has 0 saturated carbocycles. The van der Waals surface area contributed by atoms with E-state index in [4.69, 9.17) is 0 Å². The minimum Gasteiger partial charge on any atom is -0.412 e. The number of hydrogen-bond donors (Lipinski definition) is 0. The third-order valence-corrected chi connectivity index (χ3v) is 3.83. The molecule has 0 saturated heterocycles. The molecular weight excluding hydrogens is 234 g/mol. The summed E-state index contributed by atoms with van der Waals surface area (Å²) in [7, 11) is 0.